The van der Waals surface area contributed by atoms with E-state index in [1.807, 2.05) is 18.2 Å². The third-order valence-corrected chi connectivity index (χ3v) is 1.93. The number of benzene rings is 1. The summed E-state index contributed by atoms with van der Waals surface area (Å²) < 4.78 is 5.52. The van der Waals surface area contributed by atoms with E-state index in [4.69, 9.17) is 15.9 Å². The highest BCUT2D eigenvalue weighted by molar-refractivity contribution is 5.97. The second-order valence-electron chi connectivity index (χ2n) is 3.11. The van der Waals surface area contributed by atoms with Crippen LogP contribution >= 0.6 is 0 Å². The molecule has 0 spiro atoms. The van der Waals surface area contributed by atoms with Crippen LogP contribution in [-0.2, 0) is 0 Å². The minimum atomic E-state index is 0.0529. The van der Waals surface area contributed by atoms with Crippen molar-refractivity contribution in [2.75, 3.05) is 6.61 Å². The first kappa shape index (κ1) is 10.6. The van der Waals surface area contributed by atoms with Crippen molar-refractivity contribution < 1.29 is 4.74 Å². The molecule has 0 bridgehead atoms. The van der Waals surface area contributed by atoms with E-state index in [1.165, 1.54) is 0 Å². The second kappa shape index (κ2) is 5.27. The maximum atomic E-state index is 7.35. The predicted molar refractivity (Wildman–Crippen MR) is 57.9 cm³/mol. The maximum absolute atomic E-state index is 7.35. The number of hydrogen-bond acceptors (Lipinski definition) is 2. The van der Waals surface area contributed by atoms with Crippen LogP contribution < -0.4 is 10.5 Å². The molecule has 0 amide bonds. The molecule has 76 valence electrons. The van der Waals surface area contributed by atoms with Crippen LogP contribution in [0.15, 0.2) is 24.3 Å². The molecule has 3 nitrogen and oxygen atoms in total. The van der Waals surface area contributed by atoms with Crippen LogP contribution in [0.3, 0.4) is 0 Å². The number of rotatable bonds is 5. The Morgan fingerprint density at radius 1 is 1.43 bits per heavy atom. The quantitative estimate of drug-likeness (QED) is 0.426. The zero-order valence-electron chi connectivity index (χ0n) is 8.42. The average Bonchev–Trinajstić information content (AvgIpc) is 2.19. The van der Waals surface area contributed by atoms with Crippen molar-refractivity contribution in [3.63, 3.8) is 0 Å². The number of nitrogens with one attached hydrogen (secondary N) is 1. The molecule has 0 saturated heterocycles. The molecule has 14 heavy (non-hydrogen) atoms. The summed E-state index contributed by atoms with van der Waals surface area (Å²) in [6.45, 7) is 2.79. The summed E-state index contributed by atoms with van der Waals surface area (Å²) in [5.74, 6) is 0.755. The molecule has 0 atom stereocenters. The number of nitrogen functional groups attached to an aromatic ring is 1. The molecule has 0 unspecified atom stereocenters. The fourth-order valence-electron chi connectivity index (χ4n) is 1.14. The van der Waals surface area contributed by atoms with Gasteiger partial charge in [-0.05, 0) is 18.6 Å². The summed E-state index contributed by atoms with van der Waals surface area (Å²) in [6, 6.07) is 7.37. The van der Waals surface area contributed by atoms with Gasteiger partial charge >= 0.3 is 0 Å². The van der Waals surface area contributed by atoms with Crippen molar-refractivity contribution in [1.82, 2.24) is 0 Å². The molecule has 3 heteroatoms. The van der Waals surface area contributed by atoms with Gasteiger partial charge in [0.15, 0.2) is 0 Å². The van der Waals surface area contributed by atoms with Crippen molar-refractivity contribution in [2.45, 2.75) is 19.8 Å². The Labute approximate surface area is 84.4 Å². The van der Waals surface area contributed by atoms with E-state index in [0.29, 0.717) is 17.9 Å². The minimum absolute atomic E-state index is 0.0529. The molecule has 1 rings (SSSR count). The van der Waals surface area contributed by atoms with Crippen LogP contribution in [0.2, 0.25) is 0 Å². The summed E-state index contributed by atoms with van der Waals surface area (Å²) in [5.41, 5.74) is 6.09. The second-order valence-corrected chi connectivity index (χ2v) is 3.11. The topological polar surface area (TPSA) is 59.1 Å². The highest BCUT2D eigenvalue weighted by Gasteiger charge is 2.04. The molecule has 3 N–H and O–H groups in total. The van der Waals surface area contributed by atoms with Crippen molar-refractivity contribution in [3.05, 3.63) is 29.8 Å². The number of para-hydroxylation sites is 1. The Bertz CT molecular complexity index is 310. The first-order valence-corrected chi connectivity index (χ1v) is 4.82. The molecule has 0 aliphatic rings. The van der Waals surface area contributed by atoms with E-state index in [9.17, 15) is 0 Å². The predicted octanol–water partition coefficient (Wildman–Crippen LogP) is 2.15. The van der Waals surface area contributed by atoms with Gasteiger partial charge in [-0.15, -0.1) is 0 Å². The van der Waals surface area contributed by atoms with Crippen LogP contribution in [0.1, 0.15) is 25.3 Å². The molecule has 0 radical (unpaired) electrons. The number of unbranched alkanes of at least 4 members (excludes halogenated alkanes) is 1. The lowest BCUT2D eigenvalue weighted by molar-refractivity contribution is 0.309. The summed E-state index contributed by atoms with van der Waals surface area (Å²) >= 11 is 0. The zero-order valence-corrected chi connectivity index (χ0v) is 8.42. The SMILES string of the molecule is CCCCOc1ccccc1C(=N)N. The van der Waals surface area contributed by atoms with Crippen molar-refractivity contribution in [3.8, 4) is 5.75 Å². The molecule has 0 heterocycles. The Morgan fingerprint density at radius 3 is 2.79 bits per heavy atom. The highest BCUT2D eigenvalue weighted by Crippen LogP contribution is 2.17. The normalized spacial score (nSPS) is 9.79. The average molecular weight is 192 g/mol. The molecular weight excluding hydrogens is 176 g/mol. The van der Waals surface area contributed by atoms with Gasteiger partial charge in [0.1, 0.15) is 11.6 Å². The number of hydrogen-bond donors (Lipinski definition) is 2. The van der Waals surface area contributed by atoms with Gasteiger partial charge in [0.05, 0.1) is 12.2 Å². The van der Waals surface area contributed by atoms with E-state index in [1.54, 1.807) is 6.07 Å². The molecule has 0 aromatic heterocycles. The van der Waals surface area contributed by atoms with Crippen molar-refractivity contribution in [1.29, 1.82) is 5.41 Å². The first-order valence-electron chi connectivity index (χ1n) is 4.82. The number of amidine groups is 1. The first-order chi connectivity index (χ1) is 6.75. The molecule has 0 saturated carbocycles. The Hall–Kier alpha value is -1.51. The van der Waals surface area contributed by atoms with Crippen LogP contribution in [0, 0.1) is 5.41 Å². The highest BCUT2D eigenvalue weighted by atomic mass is 16.5. The van der Waals surface area contributed by atoms with E-state index >= 15 is 0 Å². The molecule has 0 fully saturated rings. The standard InChI is InChI=1S/C11H16N2O/c1-2-3-8-14-10-7-5-4-6-9(10)11(12)13/h4-7H,2-3,8H2,1H3,(H3,12,13). The lowest BCUT2D eigenvalue weighted by atomic mass is 10.2. The lowest BCUT2D eigenvalue weighted by Gasteiger charge is -2.09. The smallest absolute Gasteiger partial charge is 0.130 e. The van der Waals surface area contributed by atoms with Gasteiger partial charge < -0.3 is 10.5 Å². The summed E-state index contributed by atoms with van der Waals surface area (Å²) in [4.78, 5) is 0. The van der Waals surface area contributed by atoms with Crippen LogP contribution in [0.4, 0.5) is 0 Å². The molecule has 0 aliphatic carbocycles. The van der Waals surface area contributed by atoms with Crippen molar-refractivity contribution in [2.24, 2.45) is 5.73 Å². The fourth-order valence-corrected chi connectivity index (χ4v) is 1.14. The van der Waals surface area contributed by atoms with E-state index in [0.717, 1.165) is 12.8 Å². The Kier molecular flexibility index (Phi) is 3.98. The van der Waals surface area contributed by atoms with Gasteiger partial charge in [0.25, 0.3) is 0 Å². The van der Waals surface area contributed by atoms with Gasteiger partial charge in [0.2, 0.25) is 0 Å². The fraction of sp³-hybridized carbons (Fsp3) is 0.364. The minimum Gasteiger partial charge on any atom is -0.493 e. The van der Waals surface area contributed by atoms with E-state index < -0.39 is 0 Å². The van der Waals surface area contributed by atoms with Gasteiger partial charge in [-0.3, -0.25) is 5.41 Å². The van der Waals surface area contributed by atoms with Crippen molar-refractivity contribution >= 4 is 5.84 Å². The zero-order chi connectivity index (χ0) is 10.4. The van der Waals surface area contributed by atoms with Gasteiger partial charge in [0, 0.05) is 0 Å². The molecule has 0 aliphatic heterocycles. The third kappa shape index (κ3) is 2.76. The third-order valence-electron chi connectivity index (χ3n) is 1.93. The van der Waals surface area contributed by atoms with Gasteiger partial charge in [-0.2, -0.15) is 0 Å². The van der Waals surface area contributed by atoms with Crippen LogP contribution in [0.5, 0.6) is 5.75 Å². The van der Waals surface area contributed by atoms with Crippen LogP contribution in [0.25, 0.3) is 0 Å². The number of ether oxygens (including phenoxy) is 1. The Balaban J connectivity index is 2.69. The molecule has 1 aromatic rings. The number of nitrogens with two attached hydrogens (primary N) is 1. The van der Waals surface area contributed by atoms with Gasteiger partial charge in [-0.25, -0.2) is 0 Å². The van der Waals surface area contributed by atoms with Gasteiger partial charge in [-0.1, -0.05) is 25.5 Å². The molecular formula is C11H16N2O. The van der Waals surface area contributed by atoms with E-state index in [-0.39, 0.29) is 5.84 Å². The van der Waals surface area contributed by atoms with E-state index in [2.05, 4.69) is 6.92 Å². The summed E-state index contributed by atoms with van der Waals surface area (Å²) in [7, 11) is 0. The monoisotopic (exact) mass is 192 g/mol. The largest absolute Gasteiger partial charge is 0.493 e. The summed E-state index contributed by atoms with van der Waals surface area (Å²) in [5, 5.41) is 7.35. The summed E-state index contributed by atoms with van der Waals surface area (Å²) in [6.07, 6.45) is 2.12. The maximum Gasteiger partial charge on any atom is 0.130 e. The molecule has 1 aromatic carbocycles. The Morgan fingerprint density at radius 2 is 2.14 bits per heavy atom. The lowest BCUT2D eigenvalue weighted by Crippen LogP contribution is -2.13. The van der Waals surface area contributed by atoms with Crippen LogP contribution in [-0.4, -0.2) is 12.4 Å².